The third-order valence-electron chi connectivity index (χ3n) is 5.72. The second-order valence-corrected chi connectivity index (χ2v) is 8.73. The van der Waals surface area contributed by atoms with Gasteiger partial charge in [-0.2, -0.15) is 5.10 Å². The second kappa shape index (κ2) is 8.92. The van der Waals surface area contributed by atoms with Gasteiger partial charge in [0.1, 0.15) is 5.75 Å². The summed E-state index contributed by atoms with van der Waals surface area (Å²) in [7, 11) is 5.38. The van der Waals surface area contributed by atoms with Gasteiger partial charge in [-0.1, -0.05) is 17.7 Å². The quantitative estimate of drug-likeness (QED) is 0.453. The molecule has 3 aromatic heterocycles. The van der Waals surface area contributed by atoms with Crippen molar-refractivity contribution in [1.82, 2.24) is 24.5 Å². The zero-order chi connectivity index (χ0) is 23.8. The minimum atomic E-state index is 0.0537. The Labute approximate surface area is 201 Å². The highest BCUT2D eigenvalue weighted by Gasteiger charge is 2.27. The van der Waals surface area contributed by atoms with Crippen LogP contribution >= 0.6 is 11.6 Å². The SMILES string of the molecule is COc1cc2c(cc1Nc1ncc(Cl)c(-c3cnn4ccccc34)n1)N(C(=O)CN(C)C)CC2. The van der Waals surface area contributed by atoms with Gasteiger partial charge in [0.25, 0.3) is 0 Å². The van der Waals surface area contributed by atoms with Crippen molar-refractivity contribution in [2.75, 3.05) is 44.5 Å². The summed E-state index contributed by atoms with van der Waals surface area (Å²) in [5.41, 5.74) is 4.87. The number of aromatic nitrogens is 4. The number of carbonyl (C=O) groups excluding carboxylic acids is 1. The number of benzene rings is 1. The molecule has 1 aliphatic heterocycles. The lowest BCUT2D eigenvalue weighted by Crippen LogP contribution is -2.36. The first-order chi connectivity index (χ1) is 16.4. The van der Waals surface area contributed by atoms with Gasteiger partial charge < -0.3 is 19.9 Å². The van der Waals surface area contributed by atoms with Crippen LogP contribution in [0, 0.1) is 0 Å². The summed E-state index contributed by atoms with van der Waals surface area (Å²) in [6.45, 7) is 0.989. The smallest absolute Gasteiger partial charge is 0.241 e. The topological polar surface area (TPSA) is 87.9 Å². The molecule has 9 nitrogen and oxygen atoms in total. The van der Waals surface area contributed by atoms with Gasteiger partial charge in [0.15, 0.2) is 0 Å². The zero-order valence-electron chi connectivity index (χ0n) is 19.1. The third-order valence-corrected chi connectivity index (χ3v) is 6.00. The highest BCUT2D eigenvalue weighted by atomic mass is 35.5. The van der Waals surface area contributed by atoms with Crippen LogP contribution in [-0.4, -0.2) is 64.7 Å². The van der Waals surface area contributed by atoms with Crippen molar-refractivity contribution >= 4 is 40.3 Å². The molecule has 0 spiro atoms. The van der Waals surface area contributed by atoms with E-state index in [1.54, 1.807) is 24.0 Å². The van der Waals surface area contributed by atoms with Crippen molar-refractivity contribution in [3.8, 4) is 17.0 Å². The van der Waals surface area contributed by atoms with E-state index in [9.17, 15) is 4.79 Å². The maximum Gasteiger partial charge on any atom is 0.241 e. The third kappa shape index (κ3) is 4.04. The number of nitrogens with zero attached hydrogens (tertiary/aromatic N) is 6. The van der Waals surface area contributed by atoms with E-state index in [4.69, 9.17) is 16.3 Å². The van der Waals surface area contributed by atoms with E-state index in [0.29, 0.717) is 41.2 Å². The first-order valence-electron chi connectivity index (χ1n) is 10.8. The summed E-state index contributed by atoms with van der Waals surface area (Å²) in [6.07, 6.45) is 5.94. The number of anilines is 3. The number of hydrogen-bond acceptors (Lipinski definition) is 7. The number of halogens is 1. The minimum absolute atomic E-state index is 0.0537. The molecular formula is C24H24ClN7O2. The zero-order valence-corrected chi connectivity index (χ0v) is 19.9. The maximum absolute atomic E-state index is 12.7. The van der Waals surface area contributed by atoms with Gasteiger partial charge in [-0.3, -0.25) is 4.79 Å². The fourth-order valence-electron chi connectivity index (χ4n) is 4.15. The highest BCUT2D eigenvalue weighted by molar-refractivity contribution is 6.33. The summed E-state index contributed by atoms with van der Waals surface area (Å²) in [5, 5.41) is 8.05. The van der Waals surface area contributed by atoms with Crippen LogP contribution in [-0.2, 0) is 11.2 Å². The number of amides is 1. The number of ether oxygens (including phenoxy) is 1. The molecule has 0 unspecified atom stereocenters. The molecule has 174 valence electrons. The van der Waals surface area contributed by atoms with Crippen LogP contribution in [0.3, 0.4) is 0 Å². The molecule has 34 heavy (non-hydrogen) atoms. The summed E-state index contributed by atoms with van der Waals surface area (Å²) >= 11 is 6.46. The van der Waals surface area contributed by atoms with Gasteiger partial charge in [0.05, 0.1) is 48.0 Å². The number of fused-ring (bicyclic) bond motifs is 2. The Balaban J connectivity index is 1.50. The molecule has 4 aromatic rings. The first kappa shape index (κ1) is 22.1. The molecule has 5 rings (SSSR count). The Morgan fingerprint density at radius 3 is 2.91 bits per heavy atom. The van der Waals surface area contributed by atoms with Gasteiger partial charge in [-0.05, 0) is 50.3 Å². The van der Waals surface area contributed by atoms with Gasteiger partial charge in [-0.25, -0.2) is 14.5 Å². The number of likely N-dealkylation sites (N-methyl/N-ethyl adjacent to an activating group) is 1. The number of methoxy groups -OCH3 is 1. The molecule has 10 heteroatoms. The average Bonchev–Trinajstić information content (AvgIpc) is 3.43. The molecule has 1 aliphatic rings. The van der Waals surface area contributed by atoms with Crippen LogP contribution in [0.5, 0.6) is 5.75 Å². The standard InChI is InChI=1S/C24H24ClN7O2/c1-30(2)14-22(33)31-9-7-15-10-21(34-3)18(11-20(15)31)28-24-26-13-17(25)23(29-24)16-12-27-32-8-5-4-6-19(16)32/h4-6,8,10-13H,7,9,14H2,1-3H3,(H,26,28,29). The maximum atomic E-state index is 12.7. The van der Waals surface area contributed by atoms with E-state index in [1.165, 1.54) is 0 Å². The van der Waals surface area contributed by atoms with Crippen molar-refractivity contribution in [1.29, 1.82) is 0 Å². The van der Waals surface area contributed by atoms with E-state index >= 15 is 0 Å². The molecule has 0 saturated carbocycles. The van der Waals surface area contributed by atoms with Crippen molar-refractivity contribution in [2.45, 2.75) is 6.42 Å². The summed E-state index contributed by atoms with van der Waals surface area (Å²) < 4.78 is 7.39. The molecule has 0 atom stereocenters. The number of hydrogen-bond donors (Lipinski definition) is 1. The van der Waals surface area contributed by atoms with Gasteiger partial charge >= 0.3 is 0 Å². The first-order valence-corrected chi connectivity index (χ1v) is 11.2. The van der Waals surface area contributed by atoms with Crippen LogP contribution in [0.4, 0.5) is 17.3 Å². The van der Waals surface area contributed by atoms with E-state index in [0.717, 1.165) is 28.8 Å². The lowest BCUT2D eigenvalue weighted by Gasteiger charge is -2.21. The predicted molar refractivity (Wildman–Crippen MR) is 132 cm³/mol. The lowest BCUT2D eigenvalue weighted by atomic mass is 10.1. The minimum Gasteiger partial charge on any atom is -0.495 e. The Bertz CT molecular complexity index is 1390. The normalized spacial score (nSPS) is 12.9. The van der Waals surface area contributed by atoms with Crippen LogP contribution in [0.2, 0.25) is 5.02 Å². The van der Waals surface area contributed by atoms with E-state index in [2.05, 4.69) is 20.4 Å². The van der Waals surface area contributed by atoms with Crippen LogP contribution in [0.15, 0.2) is 48.9 Å². The number of nitrogens with one attached hydrogen (secondary N) is 1. The van der Waals surface area contributed by atoms with Crippen LogP contribution in [0.1, 0.15) is 5.56 Å². The highest BCUT2D eigenvalue weighted by Crippen LogP contribution is 2.39. The molecule has 0 saturated heterocycles. The van der Waals surface area contributed by atoms with Crippen LogP contribution in [0.25, 0.3) is 16.8 Å². The van der Waals surface area contributed by atoms with Gasteiger partial charge in [-0.15, -0.1) is 0 Å². The second-order valence-electron chi connectivity index (χ2n) is 8.32. The molecule has 4 heterocycles. The van der Waals surface area contributed by atoms with Crippen molar-refractivity contribution in [3.05, 3.63) is 59.5 Å². The van der Waals surface area contributed by atoms with Gasteiger partial charge in [0.2, 0.25) is 11.9 Å². The average molecular weight is 478 g/mol. The summed E-state index contributed by atoms with van der Waals surface area (Å²) in [4.78, 5) is 25.5. The van der Waals surface area contributed by atoms with Gasteiger partial charge in [0, 0.05) is 24.0 Å². The molecular weight excluding hydrogens is 454 g/mol. The monoisotopic (exact) mass is 477 g/mol. The number of pyridine rings is 1. The largest absolute Gasteiger partial charge is 0.495 e. The molecule has 0 aliphatic carbocycles. The molecule has 0 bridgehead atoms. The predicted octanol–water partition coefficient (Wildman–Crippen LogP) is 3.65. The lowest BCUT2D eigenvalue weighted by molar-refractivity contribution is -0.119. The molecule has 0 radical (unpaired) electrons. The Kier molecular flexibility index (Phi) is 5.80. The molecule has 1 amide bonds. The number of carbonyl (C=O) groups is 1. The van der Waals surface area contributed by atoms with Crippen molar-refractivity contribution in [2.24, 2.45) is 0 Å². The van der Waals surface area contributed by atoms with Crippen LogP contribution < -0.4 is 15.0 Å². The Hall–Kier alpha value is -3.69. The summed E-state index contributed by atoms with van der Waals surface area (Å²) in [5.74, 6) is 1.06. The van der Waals surface area contributed by atoms with E-state index in [-0.39, 0.29) is 5.91 Å². The molecule has 1 aromatic carbocycles. The number of rotatable bonds is 6. The molecule has 0 fully saturated rings. The Morgan fingerprint density at radius 1 is 1.26 bits per heavy atom. The van der Waals surface area contributed by atoms with E-state index in [1.807, 2.05) is 60.4 Å². The Morgan fingerprint density at radius 2 is 2.12 bits per heavy atom. The summed E-state index contributed by atoms with van der Waals surface area (Å²) in [6, 6.07) is 9.68. The molecule has 1 N–H and O–H groups in total. The fourth-order valence-corrected chi connectivity index (χ4v) is 4.34. The van der Waals surface area contributed by atoms with Crippen molar-refractivity contribution < 1.29 is 9.53 Å². The van der Waals surface area contributed by atoms with Crippen molar-refractivity contribution in [3.63, 3.8) is 0 Å². The fraction of sp³-hybridized carbons (Fsp3) is 0.250. The van der Waals surface area contributed by atoms with E-state index < -0.39 is 0 Å².